The SMILES string of the molecule is COc1cccc(C(N)c2cccc3nccnc23)c1F. The molecule has 2 N–H and O–H groups in total. The third-order valence-electron chi connectivity index (χ3n) is 3.41. The first kappa shape index (κ1) is 13.5. The Morgan fingerprint density at radius 2 is 1.76 bits per heavy atom. The molecule has 1 atom stereocenters. The van der Waals surface area contributed by atoms with E-state index in [2.05, 4.69) is 9.97 Å². The minimum absolute atomic E-state index is 0.175. The lowest BCUT2D eigenvalue weighted by atomic mass is 9.97. The van der Waals surface area contributed by atoms with Crippen molar-refractivity contribution in [1.29, 1.82) is 0 Å². The van der Waals surface area contributed by atoms with Crippen LogP contribution >= 0.6 is 0 Å². The second-order valence-corrected chi connectivity index (χ2v) is 4.61. The lowest BCUT2D eigenvalue weighted by Gasteiger charge is -2.16. The summed E-state index contributed by atoms with van der Waals surface area (Å²) in [5, 5.41) is 0. The lowest BCUT2D eigenvalue weighted by molar-refractivity contribution is 0.383. The summed E-state index contributed by atoms with van der Waals surface area (Å²) < 4.78 is 19.4. The molecule has 106 valence electrons. The summed E-state index contributed by atoms with van der Waals surface area (Å²) in [7, 11) is 1.43. The Kier molecular flexibility index (Phi) is 3.50. The van der Waals surface area contributed by atoms with Gasteiger partial charge in [-0.15, -0.1) is 0 Å². The quantitative estimate of drug-likeness (QED) is 0.803. The van der Waals surface area contributed by atoms with Crippen molar-refractivity contribution >= 4 is 11.0 Å². The molecule has 21 heavy (non-hydrogen) atoms. The molecule has 1 heterocycles. The number of methoxy groups -OCH3 is 1. The van der Waals surface area contributed by atoms with Crippen molar-refractivity contribution in [3.63, 3.8) is 0 Å². The second-order valence-electron chi connectivity index (χ2n) is 4.61. The van der Waals surface area contributed by atoms with Crippen molar-refractivity contribution in [2.24, 2.45) is 5.73 Å². The molecule has 0 fully saturated rings. The largest absolute Gasteiger partial charge is 0.494 e. The van der Waals surface area contributed by atoms with Gasteiger partial charge in [-0.2, -0.15) is 0 Å². The van der Waals surface area contributed by atoms with Crippen LogP contribution in [0.15, 0.2) is 48.8 Å². The molecule has 0 radical (unpaired) electrons. The van der Waals surface area contributed by atoms with Gasteiger partial charge in [-0.25, -0.2) is 4.39 Å². The molecule has 0 spiro atoms. The molecule has 0 aliphatic rings. The van der Waals surface area contributed by atoms with Crippen molar-refractivity contribution < 1.29 is 9.13 Å². The van der Waals surface area contributed by atoms with Crippen LogP contribution in [0.3, 0.4) is 0 Å². The third-order valence-corrected chi connectivity index (χ3v) is 3.41. The maximum absolute atomic E-state index is 14.4. The van der Waals surface area contributed by atoms with Gasteiger partial charge < -0.3 is 10.5 Å². The number of nitrogens with zero attached hydrogens (tertiary/aromatic N) is 2. The topological polar surface area (TPSA) is 61.0 Å². The van der Waals surface area contributed by atoms with Gasteiger partial charge in [-0.05, 0) is 12.1 Å². The second kappa shape index (κ2) is 5.46. The number of halogens is 1. The summed E-state index contributed by atoms with van der Waals surface area (Å²) >= 11 is 0. The van der Waals surface area contributed by atoms with Gasteiger partial charge in [0.05, 0.1) is 24.2 Å². The van der Waals surface area contributed by atoms with Crippen molar-refractivity contribution in [2.45, 2.75) is 6.04 Å². The monoisotopic (exact) mass is 283 g/mol. The van der Waals surface area contributed by atoms with E-state index in [0.717, 1.165) is 11.1 Å². The van der Waals surface area contributed by atoms with E-state index in [-0.39, 0.29) is 5.75 Å². The van der Waals surface area contributed by atoms with Crippen LogP contribution in [-0.4, -0.2) is 17.1 Å². The number of ether oxygens (including phenoxy) is 1. The Hall–Kier alpha value is -2.53. The smallest absolute Gasteiger partial charge is 0.170 e. The number of para-hydroxylation sites is 1. The number of hydrogen-bond acceptors (Lipinski definition) is 4. The minimum atomic E-state index is -0.638. The molecule has 1 unspecified atom stereocenters. The number of hydrogen-bond donors (Lipinski definition) is 1. The number of rotatable bonds is 3. The summed E-state index contributed by atoms with van der Waals surface area (Å²) in [6, 6.07) is 9.81. The molecule has 1 aromatic heterocycles. The van der Waals surface area contributed by atoms with E-state index in [1.54, 1.807) is 30.6 Å². The highest BCUT2D eigenvalue weighted by atomic mass is 19.1. The van der Waals surface area contributed by atoms with Gasteiger partial charge in [0.25, 0.3) is 0 Å². The molecule has 0 amide bonds. The maximum atomic E-state index is 14.4. The number of benzene rings is 2. The zero-order valence-electron chi connectivity index (χ0n) is 11.5. The third kappa shape index (κ3) is 2.32. The summed E-state index contributed by atoms with van der Waals surface area (Å²) in [6.07, 6.45) is 3.21. The first-order valence-corrected chi connectivity index (χ1v) is 6.50. The van der Waals surface area contributed by atoms with Gasteiger partial charge >= 0.3 is 0 Å². The Morgan fingerprint density at radius 3 is 2.57 bits per heavy atom. The fraction of sp³-hybridized carbons (Fsp3) is 0.125. The average molecular weight is 283 g/mol. The summed E-state index contributed by atoms with van der Waals surface area (Å²) in [5.41, 5.74) is 8.75. The first-order chi connectivity index (χ1) is 10.2. The highest BCUT2D eigenvalue weighted by Gasteiger charge is 2.19. The molecule has 0 saturated heterocycles. The van der Waals surface area contributed by atoms with Gasteiger partial charge in [0.15, 0.2) is 11.6 Å². The predicted octanol–water partition coefficient (Wildman–Crippen LogP) is 2.83. The van der Waals surface area contributed by atoms with Crippen LogP contribution in [0.2, 0.25) is 0 Å². The van der Waals surface area contributed by atoms with E-state index in [1.165, 1.54) is 7.11 Å². The number of fused-ring (bicyclic) bond motifs is 1. The molecule has 2 aromatic carbocycles. The molecule has 0 aliphatic heterocycles. The number of nitrogens with two attached hydrogens (primary N) is 1. The predicted molar refractivity (Wildman–Crippen MR) is 78.5 cm³/mol. The Morgan fingerprint density at radius 1 is 1.05 bits per heavy atom. The van der Waals surface area contributed by atoms with E-state index < -0.39 is 11.9 Å². The van der Waals surface area contributed by atoms with Crippen LogP contribution < -0.4 is 10.5 Å². The number of aromatic nitrogens is 2. The van der Waals surface area contributed by atoms with Gasteiger partial charge in [-0.1, -0.05) is 24.3 Å². The fourth-order valence-electron chi connectivity index (χ4n) is 2.36. The molecule has 3 rings (SSSR count). The van der Waals surface area contributed by atoms with E-state index in [1.807, 2.05) is 18.2 Å². The Balaban J connectivity index is 2.15. The maximum Gasteiger partial charge on any atom is 0.170 e. The fourth-order valence-corrected chi connectivity index (χ4v) is 2.36. The van der Waals surface area contributed by atoms with Gasteiger partial charge in [0.2, 0.25) is 0 Å². The molecule has 0 aliphatic carbocycles. The molecule has 3 aromatic rings. The normalized spacial score (nSPS) is 12.3. The zero-order chi connectivity index (χ0) is 14.8. The Labute approximate surface area is 121 Å². The highest BCUT2D eigenvalue weighted by molar-refractivity contribution is 5.78. The standard InChI is InChI=1S/C16H14FN3O/c1-21-13-7-3-4-10(14(13)17)15(18)11-5-2-6-12-16(11)20-9-8-19-12/h2-9,15H,18H2,1H3. The molecule has 5 heteroatoms. The molecule has 0 saturated carbocycles. The van der Waals surface area contributed by atoms with E-state index in [4.69, 9.17) is 10.5 Å². The first-order valence-electron chi connectivity index (χ1n) is 6.50. The summed E-state index contributed by atoms with van der Waals surface area (Å²) in [6.45, 7) is 0. The van der Waals surface area contributed by atoms with E-state index in [0.29, 0.717) is 11.1 Å². The lowest BCUT2D eigenvalue weighted by Crippen LogP contribution is -2.15. The van der Waals surface area contributed by atoms with Crippen LogP contribution in [0, 0.1) is 5.82 Å². The van der Waals surface area contributed by atoms with Crippen LogP contribution in [0.4, 0.5) is 4.39 Å². The van der Waals surface area contributed by atoms with Gasteiger partial charge in [0, 0.05) is 23.5 Å². The zero-order valence-corrected chi connectivity index (χ0v) is 11.5. The van der Waals surface area contributed by atoms with Crippen LogP contribution in [0.25, 0.3) is 11.0 Å². The van der Waals surface area contributed by atoms with Crippen molar-refractivity contribution in [3.8, 4) is 5.75 Å². The minimum Gasteiger partial charge on any atom is -0.494 e. The van der Waals surface area contributed by atoms with Crippen LogP contribution in [-0.2, 0) is 0 Å². The highest BCUT2D eigenvalue weighted by Crippen LogP contribution is 2.30. The molecule has 0 bridgehead atoms. The van der Waals surface area contributed by atoms with Crippen LogP contribution in [0.5, 0.6) is 5.75 Å². The van der Waals surface area contributed by atoms with Gasteiger partial charge in [0.1, 0.15) is 0 Å². The van der Waals surface area contributed by atoms with Crippen molar-refractivity contribution in [2.75, 3.05) is 7.11 Å². The summed E-state index contributed by atoms with van der Waals surface area (Å²) in [5.74, 6) is -0.275. The van der Waals surface area contributed by atoms with Crippen molar-refractivity contribution in [1.82, 2.24) is 9.97 Å². The molecule has 4 nitrogen and oxygen atoms in total. The summed E-state index contributed by atoms with van der Waals surface area (Å²) in [4.78, 5) is 8.54. The van der Waals surface area contributed by atoms with Crippen LogP contribution in [0.1, 0.15) is 17.2 Å². The van der Waals surface area contributed by atoms with E-state index in [9.17, 15) is 4.39 Å². The molecular formula is C16H14FN3O. The average Bonchev–Trinajstić information content (AvgIpc) is 2.54. The molecular weight excluding hydrogens is 269 g/mol. The Bertz CT molecular complexity index is 786. The van der Waals surface area contributed by atoms with Gasteiger partial charge in [-0.3, -0.25) is 9.97 Å². The van der Waals surface area contributed by atoms with Crippen molar-refractivity contribution in [3.05, 3.63) is 65.7 Å². The van der Waals surface area contributed by atoms with E-state index >= 15 is 0 Å².